The van der Waals surface area contributed by atoms with Gasteiger partial charge in [-0.15, -0.1) is 0 Å². The summed E-state index contributed by atoms with van der Waals surface area (Å²) in [6, 6.07) is 5.91. The predicted molar refractivity (Wildman–Crippen MR) is 72.6 cm³/mol. The molecule has 1 aliphatic carbocycles. The molecule has 2 unspecified atom stereocenters. The fourth-order valence-corrected chi connectivity index (χ4v) is 3.33. The Morgan fingerprint density at radius 2 is 1.80 bits per heavy atom. The Balaban J connectivity index is 2.14. The molecular formula is C16H21F3O. The SMILES string of the molecule is Cc1cc(C)cc(CC2(O)CCCC(C(F)(F)F)C2)c1. The van der Waals surface area contributed by atoms with Crippen LogP contribution in [0.15, 0.2) is 18.2 Å². The molecule has 1 aromatic carbocycles. The van der Waals surface area contributed by atoms with Gasteiger partial charge in [0, 0.05) is 6.42 Å². The van der Waals surface area contributed by atoms with Gasteiger partial charge in [-0.3, -0.25) is 0 Å². The molecule has 1 saturated carbocycles. The van der Waals surface area contributed by atoms with E-state index in [-0.39, 0.29) is 12.8 Å². The molecule has 1 fully saturated rings. The van der Waals surface area contributed by atoms with E-state index in [1.165, 1.54) is 0 Å². The Morgan fingerprint density at radius 1 is 1.20 bits per heavy atom. The van der Waals surface area contributed by atoms with Crippen LogP contribution in [0.1, 0.15) is 42.4 Å². The summed E-state index contributed by atoms with van der Waals surface area (Å²) in [6.45, 7) is 3.92. The van der Waals surface area contributed by atoms with Gasteiger partial charge in [0.1, 0.15) is 0 Å². The molecule has 0 amide bonds. The molecule has 1 aliphatic rings. The number of hydrogen-bond donors (Lipinski definition) is 1. The maximum atomic E-state index is 12.8. The second kappa shape index (κ2) is 5.40. The van der Waals surface area contributed by atoms with E-state index in [9.17, 15) is 18.3 Å². The minimum atomic E-state index is -4.20. The molecule has 0 bridgehead atoms. The van der Waals surface area contributed by atoms with Crippen LogP contribution in [0.3, 0.4) is 0 Å². The average Bonchev–Trinajstić information content (AvgIpc) is 2.25. The lowest BCUT2D eigenvalue weighted by Crippen LogP contribution is -2.41. The van der Waals surface area contributed by atoms with Crippen molar-refractivity contribution in [3.8, 4) is 0 Å². The second-order valence-corrected chi connectivity index (χ2v) is 6.23. The predicted octanol–water partition coefficient (Wildman–Crippen LogP) is 4.33. The molecule has 0 aliphatic heterocycles. The molecule has 1 N–H and O–H groups in total. The number of aliphatic hydroxyl groups is 1. The summed E-state index contributed by atoms with van der Waals surface area (Å²) in [4.78, 5) is 0. The standard InChI is InChI=1S/C16H21F3O/c1-11-6-12(2)8-13(7-11)9-15(20)5-3-4-14(10-15)16(17,18)19/h6-8,14,20H,3-5,9-10H2,1-2H3. The zero-order valence-corrected chi connectivity index (χ0v) is 11.9. The molecule has 20 heavy (non-hydrogen) atoms. The molecule has 1 aromatic rings. The van der Waals surface area contributed by atoms with E-state index in [1.807, 2.05) is 32.0 Å². The van der Waals surface area contributed by atoms with E-state index < -0.39 is 17.7 Å². The zero-order valence-electron chi connectivity index (χ0n) is 11.9. The highest BCUT2D eigenvalue weighted by molar-refractivity contribution is 5.29. The van der Waals surface area contributed by atoms with E-state index in [0.29, 0.717) is 19.3 Å². The Kier molecular flexibility index (Phi) is 4.14. The summed E-state index contributed by atoms with van der Waals surface area (Å²) in [5.41, 5.74) is 1.85. The van der Waals surface area contributed by atoms with Gasteiger partial charge in [0.2, 0.25) is 0 Å². The van der Waals surface area contributed by atoms with Crippen LogP contribution in [0.4, 0.5) is 13.2 Å². The van der Waals surface area contributed by atoms with Crippen LogP contribution in [0.25, 0.3) is 0 Å². The van der Waals surface area contributed by atoms with Crippen LogP contribution in [0.5, 0.6) is 0 Å². The largest absolute Gasteiger partial charge is 0.391 e. The number of alkyl halides is 3. The Labute approximate surface area is 117 Å². The third-order valence-corrected chi connectivity index (χ3v) is 4.10. The van der Waals surface area contributed by atoms with Crippen LogP contribution in [0, 0.1) is 19.8 Å². The van der Waals surface area contributed by atoms with E-state index in [2.05, 4.69) is 0 Å². The highest BCUT2D eigenvalue weighted by Gasteiger charge is 2.46. The Bertz CT molecular complexity index is 461. The van der Waals surface area contributed by atoms with Crippen molar-refractivity contribution >= 4 is 0 Å². The van der Waals surface area contributed by atoms with Gasteiger partial charge in [-0.25, -0.2) is 0 Å². The van der Waals surface area contributed by atoms with E-state index in [4.69, 9.17) is 0 Å². The van der Waals surface area contributed by atoms with Crippen molar-refractivity contribution in [1.82, 2.24) is 0 Å². The summed E-state index contributed by atoms with van der Waals surface area (Å²) in [6.07, 6.45) is -3.04. The highest BCUT2D eigenvalue weighted by atomic mass is 19.4. The zero-order chi connectivity index (χ0) is 15.0. The molecule has 112 valence electrons. The molecule has 4 heteroatoms. The van der Waals surface area contributed by atoms with Gasteiger partial charge in [0.15, 0.2) is 0 Å². The quantitative estimate of drug-likeness (QED) is 0.858. The lowest BCUT2D eigenvalue weighted by molar-refractivity contribution is -0.200. The first kappa shape index (κ1) is 15.4. The molecule has 2 atom stereocenters. The maximum absolute atomic E-state index is 12.8. The molecule has 0 aromatic heterocycles. The van der Waals surface area contributed by atoms with Gasteiger partial charge < -0.3 is 5.11 Å². The van der Waals surface area contributed by atoms with Gasteiger partial charge in [0.05, 0.1) is 11.5 Å². The third-order valence-electron chi connectivity index (χ3n) is 4.10. The van der Waals surface area contributed by atoms with Crippen molar-refractivity contribution < 1.29 is 18.3 Å². The summed E-state index contributed by atoms with van der Waals surface area (Å²) in [7, 11) is 0. The molecule has 0 radical (unpaired) electrons. The van der Waals surface area contributed by atoms with Crippen LogP contribution in [-0.4, -0.2) is 16.9 Å². The Hall–Kier alpha value is -1.03. The highest BCUT2D eigenvalue weighted by Crippen LogP contribution is 2.42. The third kappa shape index (κ3) is 3.75. The van der Waals surface area contributed by atoms with Crippen molar-refractivity contribution in [1.29, 1.82) is 0 Å². The molecular weight excluding hydrogens is 265 g/mol. The maximum Gasteiger partial charge on any atom is 0.391 e. The first-order valence-corrected chi connectivity index (χ1v) is 7.04. The van der Waals surface area contributed by atoms with E-state index in [0.717, 1.165) is 16.7 Å². The number of benzene rings is 1. The smallest absolute Gasteiger partial charge is 0.390 e. The lowest BCUT2D eigenvalue weighted by Gasteiger charge is -2.37. The molecule has 0 saturated heterocycles. The van der Waals surface area contributed by atoms with Crippen molar-refractivity contribution in [3.05, 3.63) is 34.9 Å². The molecule has 2 rings (SSSR count). The van der Waals surface area contributed by atoms with E-state index >= 15 is 0 Å². The van der Waals surface area contributed by atoms with Crippen LogP contribution < -0.4 is 0 Å². The molecule has 0 spiro atoms. The minimum Gasteiger partial charge on any atom is -0.390 e. The minimum absolute atomic E-state index is 0.138. The number of halogens is 3. The second-order valence-electron chi connectivity index (χ2n) is 6.23. The fourth-order valence-electron chi connectivity index (χ4n) is 3.33. The number of rotatable bonds is 2. The number of aryl methyl sites for hydroxylation is 2. The normalized spacial score (nSPS) is 27.6. The van der Waals surface area contributed by atoms with Crippen LogP contribution in [-0.2, 0) is 6.42 Å². The van der Waals surface area contributed by atoms with Gasteiger partial charge in [0.25, 0.3) is 0 Å². The van der Waals surface area contributed by atoms with Crippen LogP contribution in [0.2, 0.25) is 0 Å². The summed E-state index contributed by atoms with van der Waals surface area (Å²) < 4.78 is 38.5. The van der Waals surface area contributed by atoms with Crippen molar-refractivity contribution in [2.45, 2.75) is 57.7 Å². The first-order valence-electron chi connectivity index (χ1n) is 7.04. The average molecular weight is 286 g/mol. The Morgan fingerprint density at radius 3 is 2.35 bits per heavy atom. The van der Waals surface area contributed by atoms with Crippen molar-refractivity contribution in [2.24, 2.45) is 5.92 Å². The summed E-state index contributed by atoms with van der Waals surface area (Å²) >= 11 is 0. The molecule has 0 heterocycles. The van der Waals surface area contributed by atoms with Gasteiger partial charge >= 0.3 is 6.18 Å². The van der Waals surface area contributed by atoms with Gasteiger partial charge in [-0.05, 0) is 45.1 Å². The topological polar surface area (TPSA) is 20.2 Å². The summed E-state index contributed by atoms with van der Waals surface area (Å²) in [5.74, 6) is -1.37. The number of hydrogen-bond acceptors (Lipinski definition) is 1. The van der Waals surface area contributed by atoms with Crippen molar-refractivity contribution in [3.63, 3.8) is 0 Å². The molecule has 1 nitrogen and oxygen atoms in total. The van der Waals surface area contributed by atoms with Crippen molar-refractivity contribution in [2.75, 3.05) is 0 Å². The lowest BCUT2D eigenvalue weighted by atomic mass is 9.74. The van der Waals surface area contributed by atoms with Crippen LogP contribution >= 0.6 is 0 Å². The van der Waals surface area contributed by atoms with Gasteiger partial charge in [-0.2, -0.15) is 13.2 Å². The summed E-state index contributed by atoms with van der Waals surface area (Å²) in [5, 5.41) is 10.5. The van der Waals surface area contributed by atoms with Gasteiger partial charge in [-0.1, -0.05) is 29.3 Å². The van der Waals surface area contributed by atoms with E-state index in [1.54, 1.807) is 0 Å². The fraction of sp³-hybridized carbons (Fsp3) is 0.625. The monoisotopic (exact) mass is 286 g/mol. The first-order chi connectivity index (χ1) is 9.18.